The zero-order valence-electron chi connectivity index (χ0n) is 7.45. The van der Waals surface area contributed by atoms with Crippen LogP contribution in [0.5, 0.6) is 0 Å². The summed E-state index contributed by atoms with van der Waals surface area (Å²) >= 11 is 4.83. The second kappa shape index (κ2) is 4.38. The number of nitrogens with two attached hydrogens (primary N) is 1. The van der Waals surface area contributed by atoms with Gasteiger partial charge in [0.1, 0.15) is 11.1 Å². The van der Waals surface area contributed by atoms with Crippen LogP contribution in [0.15, 0.2) is 0 Å². The van der Waals surface area contributed by atoms with Crippen molar-refractivity contribution in [2.45, 2.75) is 19.4 Å². The van der Waals surface area contributed by atoms with Gasteiger partial charge in [0, 0.05) is 0 Å². The van der Waals surface area contributed by atoms with E-state index in [0.717, 1.165) is 6.42 Å². The number of hydrogen-bond acceptors (Lipinski definition) is 4. The Hall–Kier alpha value is -0.880. The van der Waals surface area contributed by atoms with Crippen molar-refractivity contribution in [2.24, 2.45) is 5.84 Å². The number of carbonyl (C=O) groups is 1. The molecule has 1 unspecified atom stereocenters. The molecule has 1 aliphatic heterocycles. The molecule has 0 bridgehead atoms. The number of nitrogens with zero attached hydrogens (tertiary/aromatic N) is 1. The van der Waals surface area contributed by atoms with Crippen LogP contribution < -0.4 is 11.3 Å². The van der Waals surface area contributed by atoms with Crippen molar-refractivity contribution in [2.75, 3.05) is 13.1 Å². The van der Waals surface area contributed by atoms with Crippen LogP contribution >= 0.6 is 12.2 Å². The Bertz CT molecular complexity index is 222. The lowest BCUT2D eigenvalue weighted by atomic mass is 10.3. The minimum absolute atomic E-state index is 0.00641. The average Bonchev–Trinajstić information content (AvgIpc) is 2.47. The number of hydrogen-bond donors (Lipinski definition) is 2. The number of cyclic esters (lactones) is 1. The molecule has 0 aromatic rings. The van der Waals surface area contributed by atoms with Crippen LogP contribution in [0.4, 0.5) is 4.79 Å². The summed E-state index contributed by atoms with van der Waals surface area (Å²) < 4.78 is 5.03. The number of carbonyl (C=O) groups excluding carboxylic acids is 1. The second-order valence-corrected chi connectivity index (χ2v) is 3.35. The van der Waals surface area contributed by atoms with Crippen molar-refractivity contribution >= 4 is 23.3 Å². The zero-order valence-corrected chi connectivity index (χ0v) is 8.26. The van der Waals surface area contributed by atoms with Gasteiger partial charge in [-0.25, -0.2) is 10.6 Å². The molecule has 74 valence electrons. The van der Waals surface area contributed by atoms with Gasteiger partial charge in [-0.1, -0.05) is 19.1 Å². The molecule has 0 aliphatic carbocycles. The Morgan fingerprint density at radius 2 is 2.62 bits per heavy atom. The maximum Gasteiger partial charge on any atom is 0.410 e. The number of ether oxygens (including phenoxy) is 1. The minimum atomic E-state index is -0.315. The third-order valence-corrected chi connectivity index (χ3v) is 2.15. The Morgan fingerprint density at radius 1 is 1.92 bits per heavy atom. The highest BCUT2D eigenvalue weighted by Gasteiger charge is 2.30. The van der Waals surface area contributed by atoms with E-state index in [2.05, 4.69) is 5.43 Å². The Kier molecular flexibility index (Phi) is 3.44. The van der Waals surface area contributed by atoms with Gasteiger partial charge in [-0.15, -0.1) is 0 Å². The number of rotatable bonds is 3. The highest BCUT2D eigenvalue weighted by Crippen LogP contribution is 2.12. The van der Waals surface area contributed by atoms with Crippen molar-refractivity contribution in [3.05, 3.63) is 0 Å². The molecule has 0 aromatic heterocycles. The van der Waals surface area contributed by atoms with E-state index in [1.165, 1.54) is 4.90 Å². The lowest BCUT2D eigenvalue weighted by Crippen LogP contribution is -2.39. The van der Waals surface area contributed by atoms with E-state index >= 15 is 0 Å². The summed E-state index contributed by atoms with van der Waals surface area (Å²) in [5, 5.41) is 0. The highest BCUT2D eigenvalue weighted by molar-refractivity contribution is 7.80. The van der Waals surface area contributed by atoms with Crippen molar-refractivity contribution in [3.63, 3.8) is 0 Å². The lowest BCUT2D eigenvalue weighted by molar-refractivity contribution is 0.132. The first-order valence-corrected chi connectivity index (χ1v) is 4.53. The van der Waals surface area contributed by atoms with Gasteiger partial charge in [-0.3, -0.25) is 4.90 Å². The van der Waals surface area contributed by atoms with Crippen LogP contribution in [0, 0.1) is 0 Å². The summed E-state index contributed by atoms with van der Waals surface area (Å²) in [5.41, 5.74) is 2.33. The van der Waals surface area contributed by atoms with Crippen LogP contribution in [0.3, 0.4) is 0 Å². The van der Waals surface area contributed by atoms with Crippen LogP contribution in [0.25, 0.3) is 0 Å². The zero-order chi connectivity index (χ0) is 9.84. The first kappa shape index (κ1) is 10.2. The molecule has 1 amide bonds. The van der Waals surface area contributed by atoms with E-state index in [4.69, 9.17) is 22.8 Å². The maximum atomic E-state index is 11.2. The fourth-order valence-corrected chi connectivity index (χ4v) is 1.29. The van der Waals surface area contributed by atoms with Gasteiger partial charge >= 0.3 is 6.09 Å². The molecule has 0 saturated carbocycles. The van der Waals surface area contributed by atoms with Crippen LogP contribution in [0.2, 0.25) is 0 Å². The molecule has 3 N–H and O–H groups in total. The Labute approximate surface area is 82.2 Å². The summed E-state index contributed by atoms with van der Waals surface area (Å²) in [6.45, 7) is 2.90. The fraction of sp³-hybridized carbons (Fsp3) is 0.714. The molecule has 0 spiro atoms. The predicted molar refractivity (Wildman–Crippen MR) is 52.1 cm³/mol. The topological polar surface area (TPSA) is 67.6 Å². The van der Waals surface area contributed by atoms with Crippen molar-refractivity contribution in [3.8, 4) is 0 Å². The third kappa shape index (κ3) is 2.53. The molecular formula is C7H13N3O2S. The monoisotopic (exact) mass is 203 g/mol. The maximum absolute atomic E-state index is 11.2. The molecule has 0 radical (unpaired) electrons. The van der Waals surface area contributed by atoms with Gasteiger partial charge in [-0.2, -0.15) is 0 Å². The first-order chi connectivity index (χ1) is 6.17. The van der Waals surface area contributed by atoms with E-state index < -0.39 is 0 Å². The van der Waals surface area contributed by atoms with Crippen molar-refractivity contribution in [1.82, 2.24) is 10.3 Å². The number of amides is 1. The molecule has 6 heteroatoms. The molecule has 1 fully saturated rings. The van der Waals surface area contributed by atoms with Gasteiger partial charge in [0.25, 0.3) is 0 Å². The van der Waals surface area contributed by atoms with Gasteiger partial charge in [-0.05, 0) is 6.42 Å². The average molecular weight is 203 g/mol. The predicted octanol–water partition coefficient (Wildman–Crippen LogP) is 0.00790. The summed E-state index contributed by atoms with van der Waals surface area (Å²) in [6.07, 6.45) is 0.503. The lowest BCUT2D eigenvalue weighted by Gasteiger charge is -2.12. The third-order valence-electron chi connectivity index (χ3n) is 1.90. The first-order valence-electron chi connectivity index (χ1n) is 4.12. The van der Waals surface area contributed by atoms with Gasteiger partial charge in [0.15, 0.2) is 0 Å². The summed E-state index contributed by atoms with van der Waals surface area (Å²) in [7, 11) is 0. The van der Waals surface area contributed by atoms with Crippen LogP contribution in [0.1, 0.15) is 13.3 Å². The normalized spacial score (nSPS) is 21.5. The molecule has 5 nitrogen and oxygen atoms in total. The molecule has 0 aromatic carbocycles. The Balaban J connectivity index is 2.43. The van der Waals surface area contributed by atoms with E-state index in [9.17, 15) is 4.79 Å². The number of thiocarbonyl (C=S) groups is 1. The second-order valence-electron chi connectivity index (χ2n) is 2.86. The molecule has 1 heterocycles. The smallest absolute Gasteiger partial charge is 0.410 e. The molecule has 1 atom stereocenters. The van der Waals surface area contributed by atoms with Gasteiger partial charge in [0.2, 0.25) is 0 Å². The van der Waals surface area contributed by atoms with Crippen molar-refractivity contribution < 1.29 is 9.53 Å². The summed E-state index contributed by atoms with van der Waals surface area (Å²) in [4.78, 5) is 13.1. The quantitative estimate of drug-likeness (QED) is 0.384. The molecule has 13 heavy (non-hydrogen) atoms. The van der Waals surface area contributed by atoms with Crippen LogP contribution in [-0.4, -0.2) is 35.2 Å². The summed E-state index contributed by atoms with van der Waals surface area (Å²) in [5.74, 6) is 5.09. The SMILES string of the molecule is CCC1CN(CC(=S)NN)C(=O)O1. The molecular weight excluding hydrogens is 190 g/mol. The van der Waals surface area contributed by atoms with Crippen LogP contribution in [-0.2, 0) is 4.74 Å². The van der Waals surface area contributed by atoms with E-state index in [1.54, 1.807) is 0 Å². The fourth-order valence-electron chi connectivity index (χ4n) is 1.14. The molecule has 1 saturated heterocycles. The van der Waals surface area contributed by atoms with E-state index in [0.29, 0.717) is 18.1 Å². The number of hydrazine groups is 1. The largest absolute Gasteiger partial charge is 0.444 e. The summed E-state index contributed by atoms with van der Waals surface area (Å²) in [6, 6.07) is 0. The molecule has 1 aliphatic rings. The van der Waals surface area contributed by atoms with Gasteiger partial charge in [0.05, 0.1) is 13.1 Å². The van der Waals surface area contributed by atoms with Gasteiger partial charge < -0.3 is 10.2 Å². The highest BCUT2D eigenvalue weighted by atomic mass is 32.1. The minimum Gasteiger partial charge on any atom is -0.444 e. The standard InChI is InChI=1S/C7H13N3O2S/c1-2-5-3-10(7(11)12-5)4-6(13)9-8/h5H,2-4,8H2,1H3,(H,9,13). The van der Waals surface area contributed by atoms with E-state index in [-0.39, 0.29) is 12.2 Å². The number of nitrogens with one attached hydrogen (secondary N) is 1. The Morgan fingerprint density at radius 3 is 3.08 bits per heavy atom. The van der Waals surface area contributed by atoms with Crippen molar-refractivity contribution in [1.29, 1.82) is 0 Å². The van der Waals surface area contributed by atoms with E-state index in [1.807, 2.05) is 6.92 Å². The molecule has 1 rings (SSSR count).